The Morgan fingerprint density at radius 3 is 0.852 bits per heavy atom. The van der Waals surface area contributed by atoms with Crippen molar-refractivity contribution in [2.24, 2.45) is 35.5 Å². The number of methoxy groups -OCH3 is 6. The van der Waals surface area contributed by atoms with E-state index in [0.29, 0.717) is 46.7 Å². The molecule has 0 spiro atoms. The van der Waals surface area contributed by atoms with E-state index >= 15 is 0 Å². The monoisotopic (exact) mass is 1790 g/mol. The number of carbonyl (C=O) groups excluding carboxylic acids is 4. The predicted octanol–water partition coefficient (Wildman–Crippen LogP) is 23.6. The molecule has 0 aromatic heterocycles. The van der Waals surface area contributed by atoms with Crippen molar-refractivity contribution in [3.8, 4) is 0 Å². The highest BCUT2D eigenvalue weighted by atomic mass is 16.6. The number of hydrogen-bond acceptors (Lipinski definition) is 20. The summed E-state index contributed by atoms with van der Waals surface area (Å²) in [7, 11) is 11.0. The predicted molar refractivity (Wildman–Crippen MR) is 518 cm³/mol. The SMILES string of the molecule is CC(C)(O)COC(=O)c1ccc2ccccc2c1.CC(C)(O)COC(=O)c1ccccc1.CC(O)COC(=O)c1ccc2ccccc2c1.CC(O)COC(=O)c1ccccc1.CC1(C)CO1.CC1CO1.COC1(C)CCCCC1C.COC1(C)CCCCC1C.COC1(C)CCCCC1C.COC1CCCCC1C.COC1CCCCC1C.COC1CCCCC1C. The zero-order chi connectivity index (χ0) is 95.5. The lowest BCUT2D eigenvalue weighted by Gasteiger charge is -2.38. The highest BCUT2D eigenvalue weighted by Gasteiger charge is 2.36. The Labute approximate surface area is 772 Å². The van der Waals surface area contributed by atoms with Crippen molar-refractivity contribution in [3.63, 3.8) is 0 Å². The molecule has 724 valence electrons. The topological polar surface area (TPSA) is 267 Å². The first-order valence-corrected chi connectivity index (χ1v) is 47.6. The number of aliphatic hydroxyl groups excluding tert-OH is 2. The lowest BCUT2D eigenvalue weighted by molar-refractivity contribution is -0.0620. The van der Waals surface area contributed by atoms with Crippen LogP contribution in [-0.2, 0) is 56.8 Å². The van der Waals surface area contributed by atoms with Gasteiger partial charge in [-0.1, -0.05) is 216 Å². The summed E-state index contributed by atoms with van der Waals surface area (Å²) in [6.45, 7) is 38.1. The van der Waals surface area contributed by atoms with E-state index < -0.39 is 47.3 Å². The Bertz CT molecular complexity index is 3820. The van der Waals surface area contributed by atoms with Crippen molar-refractivity contribution in [2.75, 3.05) is 82.3 Å². The maximum Gasteiger partial charge on any atom is 0.338 e. The minimum Gasteiger partial charge on any atom is -0.459 e. The van der Waals surface area contributed by atoms with Gasteiger partial charge in [0.2, 0.25) is 0 Å². The molecule has 14 rings (SSSR count). The number of esters is 4. The molecule has 0 radical (unpaired) electrons. The van der Waals surface area contributed by atoms with Crippen LogP contribution in [0.25, 0.3) is 21.5 Å². The third-order valence-corrected chi connectivity index (χ3v) is 25.4. The van der Waals surface area contributed by atoms with Crippen LogP contribution in [0.1, 0.15) is 320 Å². The van der Waals surface area contributed by atoms with E-state index in [-0.39, 0.29) is 48.8 Å². The molecule has 6 aromatic rings. The summed E-state index contributed by atoms with van der Waals surface area (Å²) in [5, 5.41) is 40.9. The lowest BCUT2D eigenvalue weighted by Crippen LogP contribution is -2.37. The zero-order valence-corrected chi connectivity index (χ0v) is 83.3. The smallest absolute Gasteiger partial charge is 0.338 e. The number of carbonyl (C=O) groups is 4. The minimum absolute atomic E-state index is 0.000722. The van der Waals surface area contributed by atoms with Gasteiger partial charge in [0.05, 0.1) is 106 Å². The summed E-state index contributed by atoms with van der Waals surface area (Å²) in [4.78, 5) is 46.0. The van der Waals surface area contributed by atoms with Gasteiger partial charge >= 0.3 is 23.9 Å². The van der Waals surface area contributed by atoms with Crippen molar-refractivity contribution in [1.82, 2.24) is 0 Å². The Kier molecular flexibility index (Phi) is 55.1. The summed E-state index contributed by atoms with van der Waals surface area (Å²) in [6, 6.07) is 43.8. The normalized spacial score (nSPS) is 25.6. The van der Waals surface area contributed by atoms with Gasteiger partial charge in [0.15, 0.2) is 0 Å². The van der Waals surface area contributed by atoms with E-state index in [9.17, 15) is 29.4 Å². The van der Waals surface area contributed by atoms with E-state index in [1.54, 1.807) is 114 Å². The van der Waals surface area contributed by atoms with E-state index in [2.05, 4.69) is 83.1 Å². The Hall–Kier alpha value is -6.76. The van der Waals surface area contributed by atoms with E-state index in [0.717, 1.165) is 70.3 Å². The van der Waals surface area contributed by atoms with Gasteiger partial charge in [0.25, 0.3) is 0 Å². The van der Waals surface area contributed by atoms with Gasteiger partial charge in [-0.05, 0) is 266 Å². The molecule has 15 atom stereocenters. The molecule has 0 bridgehead atoms. The molecule has 6 aliphatic carbocycles. The quantitative estimate of drug-likeness (QED) is 0.0354. The van der Waals surface area contributed by atoms with E-state index in [1.165, 1.54) is 154 Å². The average molecular weight is 1790 g/mol. The molecular weight excluding hydrogens is 1620 g/mol. The second-order valence-electron chi connectivity index (χ2n) is 38.8. The summed E-state index contributed by atoms with van der Waals surface area (Å²) < 4.78 is 61.7. The maximum atomic E-state index is 11.8. The highest BCUT2D eigenvalue weighted by Crippen LogP contribution is 2.38. The molecule has 8 aliphatic rings. The zero-order valence-electron chi connectivity index (χ0n) is 83.3. The van der Waals surface area contributed by atoms with Crippen LogP contribution in [0.2, 0.25) is 0 Å². The summed E-state index contributed by atoms with van der Waals surface area (Å²) in [6.07, 6.45) is 33.1. The number of fused-ring (bicyclic) bond motifs is 2. The van der Waals surface area contributed by atoms with Crippen LogP contribution < -0.4 is 0 Å². The molecule has 6 saturated carbocycles. The number of benzene rings is 6. The first-order chi connectivity index (χ1) is 60.5. The van der Waals surface area contributed by atoms with Crippen LogP contribution in [0.4, 0.5) is 0 Å². The van der Waals surface area contributed by atoms with Gasteiger partial charge in [-0.3, -0.25) is 0 Å². The molecule has 8 fully saturated rings. The van der Waals surface area contributed by atoms with Crippen LogP contribution in [0.3, 0.4) is 0 Å². The van der Waals surface area contributed by atoms with Crippen LogP contribution in [0.15, 0.2) is 146 Å². The van der Waals surface area contributed by atoms with Crippen molar-refractivity contribution >= 4 is 45.4 Å². The molecular formula is C108H172O20. The molecule has 20 heteroatoms. The fourth-order valence-corrected chi connectivity index (χ4v) is 15.5. The van der Waals surface area contributed by atoms with Crippen molar-refractivity contribution in [2.45, 2.75) is 349 Å². The third-order valence-electron chi connectivity index (χ3n) is 25.4. The molecule has 0 amide bonds. The van der Waals surface area contributed by atoms with E-state index in [1.807, 2.05) is 115 Å². The third kappa shape index (κ3) is 48.6. The highest BCUT2D eigenvalue weighted by molar-refractivity contribution is 5.96. The largest absolute Gasteiger partial charge is 0.459 e. The van der Waals surface area contributed by atoms with Gasteiger partial charge in [0.1, 0.15) is 26.4 Å². The second kappa shape index (κ2) is 61.1. The molecule has 2 heterocycles. The fourth-order valence-electron chi connectivity index (χ4n) is 15.5. The van der Waals surface area contributed by atoms with Gasteiger partial charge in [-0.15, -0.1) is 0 Å². The lowest BCUT2D eigenvalue weighted by atomic mass is 9.78. The molecule has 2 saturated heterocycles. The molecule has 15 unspecified atom stereocenters. The number of rotatable bonds is 18. The molecule has 2 aliphatic heterocycles. The standard InChI is InChI=1S/C15H16O3.C14H14O3.C11H14O3.C10H12O3.3C9H18O.3C8H16O.C4H8O.C3H6O/c1-15(2,17)10-18-14(16)13-8-7-11-5-3-4-6-12(11)9-13;1-10(15)9-17-14(16)13-7-6-11-4-2-3-5-12(11)8-13;1-11(2,13)8-14-10(12)9-6-4-3-5-7-9;1-8(11)7-13-10(12)9-5-3-2-4-6-9;3*1-8-6-4-5-7-9(8,2)10-3;3*1-7-5-3-4-6-8(7)9-2;1-4(2)3-5-4;1-3-2-4-3/h3-9,17H,10H2,1-2H3;2-8,10,15H,9H2,1H3;3-7,13H,8H2,1-2H3;2-6,8,11H,7H2,1H3;3*8H,4-7H2,1-3H3;3*7-8H,3-6H2,1-2H3;3H2,1-2H3;3H,2H2,1H3. The van der Waals surface area contributed by atoms with Gasteiger partial charge in [-0.2, -0.15) is 0 Å². The Morgan fingerprint density at radius 2 is 0.625 bits per heavy atom. The van der Waals surface area contributed by atoms with Crippen molar-refractivity contribution in [3.05, 3.63) is 168 Å². The van der Waals surface area contributed by atoms with E-state index in [4.69, 9.17) is 67.1 Å². The first kappa shape index (κ1) is 115. The van der Waals surface area contributed by atoms with Crippen LogP contribution >= 0.6 is 0 Å². The summed E-state index contributed by atoms with van der Waals surface area (Å²) in [5.41, 5.74) is 0.799. The van der Waals surface area contributed by atoms with Crippen molar-refractivity contribution in [1.29, 1.82) is 0 Å². The number of hydrogen-bond donors (Lipinski definition) is 4. The fraction of sp³-hybridized carbons (Fsp3) is 0.667. The van der Waals surface area contributed by atoms with Gasteiger partial charge in [-0.25, -0.2) is 19.2 Å². The molecule has 4 N–H and O–H groups in total. The number of aliphatic hydroxyl groups is 4. The Balaban J connectivity index is 0.000000366. The maximum absolute atomic E-state index is 11.8. The Morgan fingerprint density at radius 1 is 0.375 bits per heavy atom. The number of ether oxygens (including phenoxy) is 12. The average Bonchev–Trinajstić information content (AvgIpc) is 1.34. The van der Waals surface area contributed by atoms with Crippen LogP contribution in [0, 0.1) is 35.5 Å². The summed E-state index contributed by atoms with van der Waals surface area (Å²) >= 11 is 0. The van der Waals surface area contributed by atoms with Gasteiger partial charge in [0, 0.05) is 42.7 Å². The van der Waals surface area contributed by atoms with Gasteiger partial charge < -0.3 is 77.3 Å². The number of epoxide rings is 2. The van der Waals surface area contributed by atoms with Crippen LogP contribution in [0.5, 0.6) is 0 Å². The molecule has 20 nitrogen and oxygen atoms in total. The molecule has 6 aromatic carbocycles. The molecule has 128 heavy (non-hydrogen) atoms. The minimum atomic E-state index is -1.01. The first-order valence-electron chi connectivity index (χ1n) is 47.6. The summed E-state index contributed by atoms with van der Waals surface area (Å²) in [5.74, 6) is 2.98. The van der Waals surface area contributed by atoms with Crippen LogP contribution in [-0.4, -0.2) is 197 Å². The second-order valence-corrected chi connectivity index (χ2v) is 38.8. The van der Waals surface area contributed by atoms with Crippen molar-refractivity contribution < 1.29 is 96.4 Å².